The Balaban J connectivity index is 2.05. The summed E-state index contributed by atoms with van der Waals surface area (Å²) in [7, 11) is 0. The molecule has 15 heavy (non-hydrogen) atoms. The number of fused-ring (bicyclic) bond motifs is 1. The van der Waals surface area contributed by atoms with E-state index in [4.69, 9.17) is 5.73 Å². The maximum absolute atomic E-state index is 5.63. The summed E-state index contributed by atoms with van der Waals surface area (Å²) in [5, 5.41) is 0.653. The topological polar surface area (TPSA) is 67.1 Å². The number of hydrogen-bond acceptors (Lipinski definition) is 4. The van der Waals surface area contributed by atoms with Gasteiger partial charge in [0.15, 0.2) is 5.17 Å². The van der Waals surface area contributed by atoms with E-state index in [9.17, 15) is 0 Å². The highest BCUT2D eigenvalue weighted by atomic mass is 32.2. The number of thioether (sulfide) groups is 1. The standard InChI is InChI=1S/C10H10N4S/c11-10-14-8(5-15-10)9-12-6-3-1-2-4-7(6)13-9/h1-4,8H,5H2,(H2,11,14)(H,12,13). The second kappa shape index (κ2) is 3.27. The summed E-state index contributed by atoms with van der Waals surface area (Å²) >= 11 is 1.58. The van der Waals surface area contributed by atoms with Gasteiger partial charge < -0.3 is 10.7 Å². The van der Waals surface area contributed by atoms with Gasteiger partial charge in [0, 0.05) is 5.75 Å². The van der Waals surface area contributed by atoms with E-state index in [2.05, 4.69) is 15.0 Å². The average Bonchev–Trinajstić information content (AvgIpc) is 2.82. The third-order valence-corrected chi connectivity index (χ3v) is 3.28. The summed E-state index contributed by atoms with van der Waals surface area (Å²) in [5.41, 5.74) is 7.67. The lowest BCUT2D eigenvalue weighted by Crippen LogP contribution is -2.01. The van der Waals surface area contributed by atoms with Crippen LogP contribution >= 0.6 is 11.8 Å². The van der Waals surface area contributed by atoms with E-state index in [1.54, 1.807) is 11.8 Å². The fraction of sp³-hybridized carbons (Fsp3) is 0.200. The first-order valence-electron chi connectivity index (χ1n) is 4.73. The number of nitrogens with zero attached hydrogens (tertiary/aromatic N) is 2. The van der Waals surface area contributed by atoms with Crippen molar-refractivity contribution in [3.63, 3.8) is 0 Å². The van der Waals surface area contributed by atoms with Crippen molar-refractivity contribution < 1.29 is 0 Å². The van der Waals surface area contributed by atoms with Crippen molar-refractivity contribution in [3.8, 4) is 0 Å². The molecule has 76 valence electrons. The van der Waals surface area contributed by atoms with Crippen LogP contribution in [-0.2, 0) is 0 Å². The van der Waals surface area contributed by atoms with Gasteiger partial charge in [-0.1, -0.05) is 23.9 Å². The number of aromatic nitrogens is 2. The van der Waals surface area contributed by atoms with Gasteiger partial charge in [-0.15, -0.1) is 0 Å². The molecule has 2 aromatic rings. The fourth-order valence-corrected chi connectivity index (χ4v) is 2.43. The minimum Gasteiger partial charge on any atom is -0.379 e. The van der Waals surface area contributed by atoms with Crippen LogP contribution in [0, 0.1) is 0 Å². The summed E-state index contributed by atoms with van der Waals surface area (Å²) < 4.78 is 0. The largest absolute Gasteiger partial charge is 0.379 e. The lowest BCUT2D eigenvalue weighted by Gasteiger charge is -1.98. The van der Waals surface area contributed by atoms with Gasteiger partial charge in [-0.05, 0) is 12.1 Å². The molecule has 0 bridgehead atoms. The van der Waals surface area contributed by atoms with E-state index >= 15 is 0 Å². The molecule has 1 aromatic carbocycles. The maximum Gasteiger partial charge on any atom is 0.154 e. The Bertz CT molecular complexity index is 498. The Labute approximate surface area is 91.0 Å². The Morgan fingerprint density at radius 1 is 1.40 bits per heavy atom. The minimum absolute atomic E-state index is 0.0856. The zero-order valence-corrected chi connectivity index (χ0v) is 8.79. The lowest BCUT2D eigenvalue weighted by molar-refractivity contribution is 0.785. The Morgan fingerprint density at radius 3 is 3.00 bits per heavy atom. The molecule has 4 nitrogen and oxygen atoms in total. The summed E-state index contributed by atoms with van der Waals surface area (Å²) in [5.74, 6) is 1.79. The molecule has 0 spiro atoms. The van der Waals surface area contributed by atoms with Gasteiger partial charge in [0.25, 0.3) is 0 Å². The van der Waals surface area contributed by atoms with E-state index < -0.39 is 0 Å². The van der Waals surface area contributed by atoms with Crippen LogP contribution in [0.5, 0.6) is 0 Å². The number of benzene rings is 1. The number of para-hydroxylation sites is 2. The molecule has 1 atom stereocenters. The average molecular weight is 218 g/mol. The number of rotatable bonds is 1. The van der Waals surface area contributed by atoms with Crippen LogP contribution in [0.4, 0.5) is 0 Å². The molecule has 0 fully saturated rings. The van der Waals surface area contributed by atoms with Gasteiger partial charge in [0.2, 0.25) is 0 Å². The van der Waals surface area contributed by atoms with Crippen molar-refractivity contribution in [3.05, 3.63) is 30.1 Å². The molecular formula is C10H10N4S. The number of H-pyrrole nitrogens is 1. The molecule has 1 aliphatic heterocycles. The van der Waals surface area contributed by atoms with E-state index in [1.165, 1.54) is 0 Å². The first kappa shape index (κ1) is 8.79. The third-order valence-electron chi connectivity index (χ3n) is 2.40. The molecule has 0 saturated carbocycles. The van der Waals surface area contributed by atoms with Crippen LogP contribution in [-0.4, -0.2) is 20.9 Å². The molecule has 0 radical (unpaired) electrons. The Hall–Kier alpha value is -1.49. The molecule has 5 heteroatoms. The summed E-state index contributed by atoms with van der Waals surface area (Å²) in [4.78, 5) is 12.1. The van der Waals surface area contributed by atoms with Crippen molar-refractivity contribution in [2.24, 2.45) is 10.7 Å². The monoisotopic (exact) mass is 218 g/mol. The third kappa shape index (κ3) is 1.48. The Morgan fingerprint density at radius 2 is 2.27 bits per heavy atom. The van der Waals surface area contributed by atoms with Crippen molar-refractivity contribution >= 4 is 28.0 Å². The van der Waals surface area contributed by atoms with Crippen LogP contribution in [0.1, 0.15) is 11.9 Å². The number of nitrogens with one attached hydrogen (secondary N) is 1. The highest BCUT2D eigenvalue weighted by molar-refractivity contribution is 8.14. The molecule has 1 aromatic heterocycles. The summed E-state index contributed by atoms with van der Waals surface area (Å²) in [6.07, 6.45) is 0. The minimum atomic E-state index is 0.0856. The van der Waals surface area contributed by atoms with Crippen LogP contribution in [0.15, 0.2) is 29.3 Å². The number of amidine groups is 1. The molecule has 1 aliphatic rings. The van der Waals surface area contributed by atoms with E-state index in [0.717, 1.165) is 22.6 Å². The van der Waals surface area contributed by atoms with Crippen molar-refractivity contribution in [2.45, 2.75) is 6.04 Å². The molecular weight excluding hydrogens is 208 g/mol. The molecule has 3 rings (SSSR count). The smallest absolute Gasteiger partial charge is 0.154 e. The van der Waals surface area contributed by atoms with E-state index in [0.29, 0.717) is 5.17 Å². The van der Waals surface area contributed by atoms with Gasteiger partial charge in [-0.25, -0.2) is 4.98 Å². The molecule has 1 unspecified atom stereocenters. The van der Waals surface area contributed by atoms with Crippen LogP contribution in [0.2, 0.25) is 0 Å². The van der Waals surface area contributed by atoms with Gasteiger partial charge in [-0.2, -0.15) is 0 Å². The van der Waals surface area contributed by atoms with Gasteiger partial charge in [0.05, 0.1) is 11.0 Å². The van der Waals surface area contributed by atoms with Gasteiger partial charge >= 0.3 is 0 Å². The van der Waals surface area contributed by atoms with Gasteiger partial charge in [-0.3, -0.25) is 4.99 Å². The van der Waals surface area contributed by atoms with E-state index in [-0.39, 0.29) is 6.04 Å². The number of aromatic amines is 1. The van der Waals surface area contributed by atoms with E-state index in [1.807, 2.05) is 24.3 Å². The zero-order chi connectivity index (χ0) is 10.3. The first-order chi connectivity index (χ1) is 7.33. The van der Waals surface area contributed by atoms with Crippen molar-refractivity contribution in [1.82, 2.24) is 9.97 Å². The predicted octanol–water partition coefficient (Wildman–Crippen LogP) is 1.67. The maximum atomic E-state index is 5.63. The number of hydrogen-bond donors (Lipinski definition) is 2. The van der Waals surface area contributed by atoms with Crippen molar-refractivity contribution in [1.29, 1.82) is 0 Å². The fourth-order valence-electron chi connectivity index (χ4n) is 1.66. The van der Waals surface area contributed by atoms with Crippen LogP contribution in [0.3, 0.4) is 0 Å². The Kier molecular flexibility index (Phi) is 1.92. The first-order valence-corrected chi connectivity index (χ1v) is 5.72. The highest BCUT2D eigenvalue weighted by Gasteiger charge is 2.20. The van der Waals surface area contributed by atoms with Crippen LogP contribution < -0.4 is 5.73 Å². The molecule has 0 aliphatic carbocycles. The lowest BCUT2D eigenvalue weighted by atomic mass is 10.3. The zero-order valence-electron chi connectivity index (χ0n) is 7.97. The summed E-state index contributed by atoms with van der Waals surface area (Å²) in [6.45, 7) is 0. The number of aliphatic imine (C=N–C) groups is 1. The summed E-state index contributed by atoms with van der Waals surface area (Å²) in [6, 6.07) is 8.06. The predicted molar refractivity (Wildman–Crippen MR) is 62.9 cm³/mol. The van der Waals surface area contributed by atoms with Crippen LogP contribution in [0.25, 0.3) is 11.0 Å². The highest BCUT2D eigenvalue weighted by Crippen LogP contribution is 2.28. The second-order valence-electron chi connectivity index (χ2n) is 3.43. The molecule has 3 N–H and O–H groups in total. The number of nitrogens with two attached hydrogens (primary N) is 1. The quantitative estimate of drug-likeness (QED) is 0.765. The normalized spacial score (nSPS) is 20.8. The van der Waals surface area contributed by atoms with Crippen molar-refractivity contribution in [2.75, 3.05) is 5.75 Å². The molecule has 0 amide bonds. The number of imidazole rings is 1. The van der Waals surface area contributed by atoms with Gasteiger partial charge in [0.1, 0.15) is 11.9 Å². The SMILES string of the molecule is NC1=NC(c2nc3ccccc3[nH]2)CS1. The second-order valence-corrected chi connectivity index (χ2v) is 4.47. The molecule has 0 saturated heterocycles. The molecule has 2 heterocycles.